The van der Waals surface area contributed by atoms with Crippen molar-refractivity contribution < 1.29 is 0 Å². The molecule has 0 fully saturated rings. The van der Waals surface area contributed by atoms with E-state index in [4.69, 9.17) is 0 Å². The Morgan fingerprint density at radius 3 is 2.74 bits per heavy atom. The quantitative estimate of drug-likeness (QED) is 0.873. The second-order valence-corrected chi connectivity index (χ2v) is 6.05. The topological polar surface area (TPSA) is 68.5 Å². The van der Waals surface area contributed by atoms with Crippen molar-refractivity contribution in [3.05, 3.63) is 28.9 Å². The molecule has 0 aliphatic carbocycles. The van der Waals surface area contributed by atoms with Gasteiger partial charge < -0.3 is 5.32 Å². The zero-order chi connectivity index (χ0) is 13.9. The largest absolute Gasteiger partial charge is 0.368 e. The first-order valence-electron chi connectivity index (χ1n) is 6.08. The van der Waals surface area contributed by atoms with Crippen LogP contribution in [0, 0.1) is 0 Å². The van der Waals surface area contributed by atoms with Gasteiger partial charge in [0.15, 0.2) is 0 Å². The minimum atomic E-state index is -0.0773. The maximum atomic E-state index is 4.53. The van der Waals surface area contributed by atoms with Crippen molar-refractivity contribution in [1.29, 1.82) is 0 Å². The summed E-state index contributed by atoms with van der Waals surface area (Å²) in [5.74, 6) is 1.62. The molecule has 2 rings (SSSR count). The van der Waals surface area contributed by atoms with Crippen LogP contribution in [0.2, 0.25) is 0 Å². The molecular weight excluding hydrogens is 308 g/mol. The molecule has 0 saturated carbocycles. The van der Waals surface area contributed by atoms with E-state index in [1.807, 2.05) is 12.3 Å². The van der Waals surface area contributed by atoms with Crippen LogP contribution in [-0.4, -0.2) is 31.5 Å². The van der Waals surface area contributed by atoms with Crippen LogP contribution in [0.25, 0.3) is 0 Å². The van der Waals surface area contributed by atoms with E-state index in [-0.39, 0.29) is 5.41 Å². The van der Waals surface area contributed by atoms with Gasteiger partial charge in [-0.05, 0) is 15.9 Å². The molecule has 1 N–H and O–H groups in total. The lowest BCUT2D eigenvalue weighted by Crippen LogP contribution is -2.18. The number of halogens is 1. The average Bonchev–Trinajstić information content (AvgIpc) is 2.80. The molecule has 0 radical (unpaired) electrons. The highest BCUT2D eigenvalue weighted by Crippen LogP contribution is 2.22. The molecule has 0 amide bonds. The highest BCUT2D eigenvalue weighted by Gasteiger charge is 2.18. The summed E-state index contributed by atoms with van der Waals surface area (Å²) in [7, 11) is 0. The van der Waals surface area contributed by atoms with E-state index in [2.05, 4.69) is 62.3 Å². The molecule has 6 nitrogen and oxygen atoms in total. The third kappa shape index (κ3) is 3.99. The smallest absolute Gasteiger partial charge is 0.137 e. The summed E-state index contributed by atoms with van der Waals surface area (Å²) in [6.07, 6.45) is 3.50. The molecule has 0 unspecified atom stereocenters. The summed E-state index contributed by atoms with van der Waals surface area (Å²) in [5, 5.41) is 10.9. The molecule has 2 heterocycles. The van der Waals surface area contributed by atoms with Gasteiger partial charge in [0.1, 0.15) is 16.2 Å². The van der Waals surface area contributed by atoms with Crippen molar-refractivity contribution in [2.24, 2.45) is 0 Å². The van der Waals surface area contributed by atoms with Crippen LogP contribution in [0.5, 0.6) is 0 Å². The van der Waals surface area contributed by atoms with Gasteiger partial charge >= 0.3 is 0 Å². The molecule has 0 saturated heterocycles. The molecule has 0 atom stereocenters. The van der Waals surface area contributed by atoms with Crippen molar-refractivity contribution in [2.75, 3.05) is 11.9 Å². The van der Waals surface area contributed by atoms with Crippen molar-refractivity contribution in [3.63, 3.8) is 0 Å². The number of hydrogen-bond acceptors (Lipinski definition) is 5. The van der Waals surface area contributed by atoms with E-state index in [0.717, 1.165) is 29.3 Å². The van der Waals surface area contributed by atoms with Crippen molar-refractivity contribution >= 4 is 21.7 Å². The van der Waals surface area contributed by atoms with Crippen LogP contribution in [-0.2, 0) is 12.0 Å². The number of anilines is 1. The second kappa shape index (κ2) is 5.64. The standard InChI is InChI=1S/C12H17BrN6/c1-12(2,3)11-16-9(13)8-10(17-11)14-4-6-19-7-5-15-18-19/h5,7-8H,4,6H2,1-3H3,(H,14,16,17). The predicted octanol–water partition coefficient (Wildman–Crippen LogP) is 2.24. The highest BCUT2D eigenvalue weighted by atomic mass is 79.9. The molecule has 0 spiro atoms. The van der Waals surface area contributed by atoms with Crippen LogP contribution in [0.4, 0.5) is 5.82 Å². The normalized spacial score (nSPS) is 11.6. The van der Waals surface area contributed by atoms with Gasteiger partial charge in [-0.3, -0.25) is 4.68 Å². The van der Waals surface area contributed by atoms with Crippen LogP contribution in [0.15, 0.2) is 23.1 Å². The highest BCUT2D eigenvalue weighted by molar-refractivity contribution is 9.10. The fraction of sp³-hybridized carbons (Fsp3) is 0.500. The Balaban J connectivity index is 2.02. The minimum Gasteiger partial charge on any atom is -0.368 e. The van der Waals surface area contributed by atoms with E-state index in [9.17, 15) is 0 Å². The summed E-state index contributed by atoms with van der Waals surface area (Å²) in [6.45, 7) is 7.75. The van der Waals surface area contributed by atoms with E-state index < -0.39 is 0 Å². The molecule has 102 valence electrons. The van der Waals surface area contributed by atoms with Gasteiger partial charge in [0.2, 0.25) is 0 Å². The SMILES string of the molecule is CC(C)(C)c1nc(Br)cc(NCCn2ccnn2)n1. The van der Waals surface area contributed by atoms with Gasteiger partial charge in [0.05, 0.1) is 12.7 Å². The molecule has 2 aromatic rings. The van der Waals surface area contributed by atoms with Gasteiger partial charge in [-0.1, -0.05) is 26.0 Å². The zero-order valence-electron chi connectivity index (χ0n) is 11.3. The van der Waals surface area contributed by atoms with Crippen LogP contribution in [0.3, 0.4) is 0 Å². The summed E-state index contributed by atoms with van der Waals surface area (Å²) < 4.78 is 2.56. The Bertz CT molecular complexity index is 532. The Kier molecular flexibility index (Phi) is 4.14. The monoisotopic (exact) mass is 324 g/mol. The van der Waals surface area contributed by atoms with Gasteiger partial charge in [0.25, 0.3) is 0 Å². The molecule has 2 aromatic heterocycles. The first-order chi connectivity index (χ1) is 8.95. The van der Waals surface area contributed by atoms with E-state index in [1.54, 1.807) is 10.9 Å². The number of rotatable bonds is 4. The molecule has 0 aromatic carbocycles. The predicted molar refractivity (Wildman–Crippen MR) is 76.9 cm³/mol. The zero-order valence-corrected chi connectivity index (χ0v) is 12.8. The van der Waals surface area contributed by atoms with Gasteiger partial charge in [0, 0.05) is 24.2 Å². The third-order valence-electron chi connectivity index (χ3n) is 2.48. The van der Waals surface area contributed by atoms with Gasteiger partial charge in [-0.15, -0.1) is 5.10 Å². The fourth-order valence-corrected chi connectivity index (χ4v) is 1.88. The van der Waals surface area contributed by atoms with E-state index >= 15 is 0 Å². The average molecular weight is 325 g/mol. The maximum Gasteiger partial charge on any atom is 0.137 e. The third-order valence-corrected chi connectivity index (χ3v) is 2.89. The van der Waals surface area contributed by atoms with Crippen LogP contribution >= 0.6 is 15.9 Å². The Morgan fingerprint density at radius 2 is 2.11 bits per heavy atom. The number of nitrogens with zero attached hydrogens (tertiary/aromatic N) is 5. The number of hydrogen-bond donors (Lipinski definition) is 1. The maximum absolute atomic E-state index is 4.53. The van der Waals surface area contributed by atoms with Crippen LogP contribution in [0.1, 0.15) is 26.6 Å². The molecule has 7 heteroatoms. The number of nitrogens with one attached hydrogen (secondary N) is 1. The first kappa shape index (κ1) is 13.9. The summed E-state index contributed by atoms with van der Waals surface area (Å²) in [5.41, 5.74) is -0.0773. The summed E-state index contributed by atoms with van der Waals surface area (Å²) in [4.78, 5) is 8.93. The lowest BCUT2D eigenvalue weighted by atomic mass is 9.96. The lowest BCUT2D eigenvalue weighted by Gasteiger charge is -2.17. The number of aromatic nitrogens is 5. The second-order valence-electron chi connectivity index (χ2n) is 5.24. The summed E-state index contributed by atoms with van der Waals surface area (Å²) >= 11 is 3.42. The first-order valence-corrected chi connectivity index (χ1v) is 6.87. The molecule has 0 aliphatic heterocycles. The Labute approximate surface area is 120 Å². The fourth-order valence-electron chi connectivity index (χ4n) is 1.49. The molecule has 0 aliphatic rings. The van der Waals surface area contributed by atoms with E-state index in [1.165, 1.54) is 0 Å². The Morgan fingerprint density at radius 1 is 1.32 bits per heavy atom. The Hall–Kier alpha value is -1.50. The van der Waals surface area contributed by atoms with Gasteiger partial charge in [-0.2, -0.15) is 0 Å². The van der Waals surface area contributed by atoms with E-state index in [0.29, 0.717) is 0 Å². The van der Waals surface area contributed by atoms with Crippen molar-refractivity contribution in [1.82, 2.24) is 25.0 Å². The van der Waals surface area contributed by atoms with Gasteiger partial charge in [-0.25, -0.2) is 9.97 Å². The van der Waals surface area contributed by atoms with Crippen molar-refractivity contribution in [2.45, 2.75) is 32.7 Å². The lowest BCUT2D eigenvalue weighted by molar-refractivity contribution is 0.543. The van der Waals surface area contributed by atoms with Crippen LogP contribution < -0.4 is 5.32 Å². The minimum absolute atomic E-state index is 0.0773. The van der Waals surface area contributed by atoms with Crippen molar-refractivity contribution in [3.8, 4) is 0 Å². The molecule has 0 bridgehead atoms. The molecular formula is C12H17BrN6. The molecule has 19 heavy (non-hydrogen) atoms. The summed E-state index contributed by atoms with van der Waals surface area (Å²) in [6, 6.07) is 1.87.